The molecule has 130 valence electrons. The Morgan fingerprint density at radius 3 is 2.88 bits per heavy atom. The Labute approximate surface area is 142 Å². The molecule has 0 aromatic heterocycles. The lowest BCUT2D eigenvalue weighted by molar-refractivity contribution is -0.116. The van der Waals surface area contributed by atoms with Crippen molar-refractivity contribution in [3.63, 3.8) is 0 Å². The van der Waals surface area contributed by atoms with Gasteiger partial charge >= 0.3 is 0 Å². The van der Waals surface area contributed by atoms with Gasteiger partial charge in [-0.2, -0.15) is 0 Å². The van der Waals surface area contributed by atoms with Gasteiger partial charge in [-0.05, 0) is 37.8 Å². The molecule has 1 heterocycles. The zero-order valence-electron chi connectivity index (χ0n) is 14.1. The minimum Gasteiger partial charge on any atom is -0.388 e. The van der Waals surface area contributed by atoms with Crippen molar-refractivity contribution in [3.05, 3.63) is 29.8 Å². The van der Waals surface area contributed by atoms with E-state index in [1.165, 1.54) is 0 Å². The van der Waals surface area contributed by atoms with Gasteiger partial charge in [0, 0.05) is 31.1 Å². The molecule has 0 spiro atoms. The number of benzene rings is 1. The molecule has 2 aliphatic rings. The van der Waals surface area contributed by atoms with Gasteiger partial charge in [-0.1, -0.05) is 18.2 Å². The largest absolute Gasteiger partial charge is 0.388 e. The predicted molar refractivity (Wildman–Crippen MR) is 95.2 cm³/mol. The van der Waals surface area contributed by atoms with Crippen LogP contribution >= 0.6 is 0 Å². The average Bonchev–Trinajstić information content (AvgIpc) is 2.55. The van der Waals surface area contributed by atoms with Gasteiger partial charge in [0.25, 0.3) is 0 Å². The fourth-order valence-electron chi connectivity index (χ4n) is 3.21. The molecule has 1 aliphatic carbocycles. The summed E-state index contributed by atoms with van der Waals surface area (Å²) in [6.45, 7) is 3.82. The molecule has 6 heteroatoms. The number of nitrogens with zero attached hydrogens (tertiary/aromatic N) is 1. The van der Waals surface area contributed by atoms with Crippen LogP contribution in [0, 0.1) is 0 Å². The Bertz CT molecular complexity index is 625. The number of carbonyl (C=O) groups excluding carboxylic acids is 1. The normalized spacial score (nSPS) is 22.2. The number of hydrogen-bond acceptors (Lipinski definition) is 3. The van der Waals surface area contributed by atoms with Gasteiger partial charge in [-0.25, -0.2) is 0 Å². The third-order valence-corrected chi connectivity index (χ3v) is 4.78. The summed E-state index contributed by atoms with van der Waals surface area (Å²) in [6.07, 6.45) is 3.19. The lowest BCUT2D eigenvalue weighted by Crippen LogP contribution is -2.44. The Hall–Kier alpha value is -2.08. The van der Waals surface area contributed by atoms with Gasteiger partial charge in [0.1, 0.15) is 0 Å². The fraction of sp³-hybridized carbons (Fsp3) is 0.556. The summed E-state index contributed by atoms with van der Waals surface area (Å²) in [5, 5.41) is 19.6. The van der Waals surface area contributed by atoms with Crippen molar-refractivity contribution in [3.8, 4) is 0 Å². The van der Waals surface area contributed by atoms with Crippen molar-refractivity contribution < 1.29 is 9.90 Å². The minimum absolute atomic E-state index is 0.0474. The molecule has 1 aromatic carbocycles. The van der Waals surface area contributed by atoms with Crippen LogP contribution in [0.4, 0.5) is 5.69 Å². The van der Waals surface area contributed by atoms with E-state index in [1.54, 1.807) is 0 Å². The van der Waals surface area contributed by atoms with Crippen molar-refractivity contribution in [2.75, 3.05) is 25.0 Å². The van der Waals surface area contributed by atoms with E-state index in [-0.39, 0.29) is 11.8 Å². The minimum atomic E-state index is -0.625. The van der Waals surface area contributed by atoms with Gasteiger partial charge in [-0.15, -0.1) is 0 Å². The molecular formula is C18H26N4O2. The average molecular weight is 330 g/mol. The summed E-state index contributed by atoms with van der Waals surface area (Å²) in [7, 11) is 0. The summed E-state index contributed by atoms with van der Waals surface area (Å²) in [6, 6.07) is 7.92. The molecule has 4 N–H and O–H groups in total. The topological polar surface area (TPSA) is 85.8 Å². The van der Waals surface area contributed by atoms with E-state index < -0.39 is 5.60 Å². The third-order valence-electron chi connectivity index (χ3n) is 4.78. The highest BCUT2D eigenvalue weighted by atomic mass is 16.3. The maximum absolute atomic E-state index is 11.9. The van der Waals surface area contributed by atoms with Gasteiger partial charge in [0.05, 0.1) is 12.1 Å². The molecule has 3 rings (SSSR count). The number of amides is 1. The zero-order chi connectivity index (χ0) is 17.0. The number of hydrogen-bond donors (Lipinski definition) is 4. The molecule has 1 fully saturated rings. The Morgan fingerprint density at radius 1 is 1.38 bits per heavy atom. The summed E-state index contributed by atoms with van der Waals surface area (Å²) >= 11 is 0. The van der Waals surface area contributed by atoms with Crippen molar-refractivity contribution >= 4 is 17.6 Å². The highest BCUT2D eigenvalue weighted by Gasteiger charge is 2.34. The van der Waals surface area contributed by atoms with Crippen LogP contribution in [-0.4, -0.2) is 42.2 Å². The SMILES string of the molecule is CCNC(=NCC1(O)CCC1)NCC1CC(=O)Nc2ccccc21. The van der Waals surface area contributed by atoms with E-state index in [4.69, 9.17) is 0 Å². The number of guanidine groups is 1. The Kier molecular flexibility index (Phi) is 5.04. The number of aliphatic hydroxyl groups is 1. The lowest BCUT2D eigenvalue weighted by atomic mass is 9.80. The van der Waals surface area contributed by atoms with Crippen molar-refractivity contribution in [1.82, 2.24) is 10.6 Å². The van der Waals surface area contributed by atoms with Gasteiger partial charge < -0.3 is 21.1 Å². The van der Waals surface area contributed by atoms with Gasteiger partial charge in [0.15, 0.2) is 5.96 Å². The summed E-state index contributed by atoms with van der Waals surface area (Å²) < 4.78 is 0. The molecule has 0 radical (unpaired) electrons. The summed E-state index contributed by atoms with van der Waals surface area (Å²) in [5.41, 5.74) is 1.42. The summed E-state index contributed by atoms with van der Waals surface area (Å²) in [5.74, 6) is 0.859. The molecule has 0 bridgehead atoms. The summed E-state index contributed by atoms with van der Waals surface area (Å²) in [4.78, 5) is 16.4. The number of anilines is 1. The van der Waals surface area contributed by atoms with Crippen LogP contribution in [0.25, 0.3) is 0 Å². The zero-order valence-corrected chi connectivity index (χ0v) is 14.1. The molecule has 1 amide bonds. The van der Waals surface area contributed by atoms with Crippen LogP contribution in [0.1, 0.15) is 44.1 Å². The predicted octanol–water partition coefficient (Wildman–Crippen LogP) is 1.58. The second-order valence-electron chi connectivity index (χ2n) is 6.69. The molecule has 1 unspecified atom stereocenters. The molecule has 0 saturated heterocycles. The maximum Gasteiger partial charge on any atom is 0.225 e. The first-order chi connectivity index (χ1) is 11.6. The van der Waals surface area contributed by atoms with Crippen molar-refractivity contribution in [2.24, 2.45) is 4.99 Å². The maximum atomic E-state index is 11.9. The van der Waals surface area contributed by atoms with Crippen molar-refractivity contribution in [2.45, 2.75) is 44.1 Å². The van der Waals surface area contributed by atoms with Crippen LogP contribution in [0.2, 0.25) is 0 Å². The third kappa shape index (κ3) is 3.87. The van der Waals surface area contributed by atoms with Gasteiger partial charge in [-0.3, -0.25) is 9.79 Å². The van der Waals surface area contributed by atoms with E-state index in [9.17, 15) is 9.90 Å². The number of rotatable bonds is 5. The quantitative estimate of drug-likeness (QED) is 0.488. The highest BCUT2D eigenvalue weighted by Crippen LogP contribution is 2.32. The number of aliphatic imine (C=N–C) groups is 1. The smallest absolute Gasteiger partial charge is 0.225 e. The van der Waals surface area contributed by atoms with E-state index in [1.807, 2.05) is 25.1 Å². The number of fused-ring (bicyclic) bond motifs is 1. The second-order valence-corrected chi connectivity index (χ2v) is 6.69. The van der Waals surface area contributed by atoms with Crippen molar-refractivity contribution in [1.29, 1.82) is 0 Å². The molecule has 1 saturated carbocycles. The number of para-hydroxylation sites is 1. The van der Waals surface area contributed by atoms with Gasteiger partial charge in [0.2, 0.25) is 5.91 Å². The Morgan fingerprint density at radius 2 is 2.17 bits per heavy atom. The van der Waals surface area contributed by atoms with Crippen LogP contribution in [-0.2, 0) is 4.79 Å². The van der Waals surface area contributed by atoms with Crippen LogP contribution in [0.15, 0.2) is 29.3 Å². The second kappa shape index (κ2) is 7.21. The first kappa shape index (κ1) is 16.8. The molecule has 1 aliphatic heterocycles. The van der Waals surface area contributed by atoms with E-state index in [0.717, 1.165) is 37.1 Å². The van der Waals surface area contributed by atoms with Crippen LogP contribution in [0.5, 0.6) is 0 Å². The standard InChI is InChI=1S/C18H26N4O2/c1-2-19-17(21-12-18(24)8-5-9-18)20-11-13-10-16(23)22-15-7-4-3-6-14(13)15/h3-4,6-7,13,24H,2,5,8-12H2,1H3,(H,22,23)(H2,19,20,21). The van der Waals surface area contributed by atoms with E-state index in [0.29, 0.717) is 25.5 Å². The molecule has 6 nitrogen and oxygen atoms in total. The molecular weight excluding hydrogens is 304 g/mol. The molecule has 1 atom stereocenters. The Balaban J connectivity index is 1.64. The lowest BCUT2D eigenvalue weighted by Gasteiger charge is -2.35. The monoisotopic (exact) mass is 330 g/mol. The number of nitrogens with one attached hydrogen (secondary N) is 3. The van der Waals surface area contributed by atoms with Crippen LogP contribution < -0.4 is 16.0 Å². The molecule has 1 aromatic rings. The highest BCUT2D eigenvalue weighted by molar-refractivity contribution is 5.94. The molecule has 24 heavy (non-hydrogen) atoms. The fourth-order valence-corrected chi connectivity index (χ4v) is 3.21. The van der Waals surface area contributed by atoms with Crippen LogP contribution in [0.3, 0.4) is 0 Å². The first-order valence-corrected chi connectivity index (χ1v) is 8.73. The van der Waals surface area contributed by atoms with E-state index >= 15 is 0 Å². The first-order valence-electron chi connectivity index (χ1n) is 8.73. The number of carbonyl (C=O) groups is 1. The van der Waals surface area contributed by atoms with E-state index in [2.05, 4.69) is 27.0 Å².